The van der Waals surface area contributed by atoms with Crippen LogP contribution in [0.1, 0.15) is 30.9 Å². The number of H-pyrrole nitrogens is 1. The molecule has 1 fully saturated rings. The molecule has 15 heavy (non-hydrogen) atoms. The standard InChI is InChI=1S/C11H13N3S/c1-7-5-6-12-10-9(7)13-11(15)14(10)8-3-2-4-8/h5-6,8H,2-4H2,1H3,(H,13,15). The molecule has 78 valence electrons. The first-order valence-electron chi connectivity index (χ1n) is 5.33. The number of nitrogens with one attached hydrogen (secondary N) is 1. The maximum absolute atomic E-state index is 5.36. The zero-order chi connectivity index (χ0) is 10.4. The molecule has 2 heterocycles. The molecule has 4 heteroatoms. The lowest BCUT2D eigenvalue weighted by Gasteiger charge is -2.26. The second-order valence-corrected chi connectivity index (χ2v) is 4.60. The Kier molecular flexibility index (Phi) is 1.92. The smallest absolute Gasteiger partial charge is 0.179 e. The van der Waals surface area contributed by atoms with Gasteiger partial charge in [0.15, 0.2) is 10.4 Å². The van der Waals surface area contributed by atoms with E-state index in [0.717, 1.165) is 15.9 Å². The zero-order valence-corrected chi connectivity index (χ0v) is 9.47. The highest BCUT2D eigenvalue weighted by atomic mass is 32.1. The van der Waals surface area contributed by atoms with Crippen molar-refractivity contribution in [1.29, 1.82) is 0 Å². The number of aromatic amines is 1. The van der Waals surface area contributed by atoms with Crippen LogP contribution in [-0.2, 0) is 0 Å². The molecular weight excluding hydrogens is 206 g/mol. The van der Waals surface area contributed by atoms with Gasteiger partial charge in [-0.1, -0.05) is 0 Å². The number of hydrogen-bond donors (Lipinski definition) is 1. The second-order valence-electron chi connectivity index (χ2n) is 4.21. The molecule has 0 amide bonds. The summed E-state index contributed by atoms with van der Waals surface area (Å²) in [6.45, 7) is 2.08. The number of fused-ring (bicyclic) bond motifs is 1. The predicted octanol–water partition coefficient (Wildman–Crippen LogP) is 3.13. The van der Waals surface area contributed by atoms with Crippen LogP contribution in [0.4, 0.5) is 0 Å². The average Bonchev–Trinajstić information content (AvgIpc) is 2.44. The van der Waals surface area contributed by atoms with Crippen LogP contribution >= 0.6 is 12.2 Å². The van der Waals surface area contributed by atoms with Gasteiger partial charge in [0.1, 0.15) is 0 Å². The van der Waals surface area contributed by atoms with Crippen LogP contribution < -0.4 is 0 Å². The molecule has 2 aromatic heterocycles. The molecule has 1 aliphatic carbocycles. The molecule has 0 bridgehead atoms. The molecule has 0 saturated heterocycles. The molecule has 0 aliphatic heterocycles. The number of aryl methyl sites for hydroxylation is 1. The Morgan fingerprint density at radius 1 is 1.53 bits per heavy atom. The molecule has 3 nitrogen and oxygen atoms in total. The first kappa shape index (κ1) is 9.09. The van der Waals surface area contributed by atoms with E-state index in [2.05, 4.69) is 21.5 Å². The van der Waals surface area contributed by atoms with Crippen molar-refractivity contribution in [2.75, 3.05) is 0 Å². The molecule has 0 unspecified atom stereocenters. The van der Waals surface area contributed by atoms with Crippen LogP contribution in [0.3, 0.4) is 0 Å². The minimum atomic E-state index is 0.570. The summed E-state index contributed by atoms with van der Waals surface area (Å²) in [5, 5.41) is 0. The summed E-state index contributed by atoms with van der Waals surface area (Å²) in [7, 11) is 0. The largest absolute Gasteiger partial charge is 0.329 e. The van der Waals surface area contributed by atoms with Crippen LogP contribution in [-0.4, -0.2) is 14.5 Å². The number of rotatable bonds is 1. The molecule has 3 rings (SSSR count). The van der Waals surface area contributed by atoms with Gasteiger partial charge in [0.25, 0.3) is 0 Å². The van der Waals surface area contributed by atoms with Gasteiger partial charge in [0.05, 0.1) is 5.52 Å². The first-order chi connectivity index (χ1) is 7.27. The van der Waals surface area contributed by atoms with E-state index in [4.69, 9.17) is 12.2 Å². The highest BCUT2D eigenvalue weighted by molar-refractivity contribution is 7.71. The van der Waals surface area contributed by atoms with E-state index in [9.17, 15) is 0 Å². The van der Waals surface area contributed by atoms with Crippen LogP contribution in [0, 0.1) is 11.7 Å². The summed E-state index contributed by atoms with van der Waals surface area (Å²) in [5.74, 6) is 0. The topological polar surface area (TPSA) is 33.6 Å². The summed E-state index contributed by atoms with van der Waals surface area (Å²) in [5.41, 5.74) is 3.32. The summed E-state index contributed by atoms with van der Waals surface area (Å²) < 4.78 is 3.00. The lowest BCUT2D eigenvalue weighted by molar-refractivity contribution is 0.316. The quantitative estimate of drug-likeness (QED) is 0.748. The highest BCUT2D eigenvalue weighted by Crippen LogP contribution is 2.34. The van der Waals surface area contributed by atoms with Crippen LogP contribution in [0.25, 0.3) is 11.2 Å². The molecule has 2 aromatic rings. The first-order valence-corrected chi connectivity index (χ1v) is 5.74. The Balaban J connectivity index is 2.32. The van der Waals surface area contributed by atoms with Crippen LogP contribution in [0.5, 0.6) is 0 Å². The van der Waals surface area contributed by atoms with Crippen LogP contribution in [0.15, 0.2) is 12.3 Å². The second kappa shape index (κ2) is 3.17. The van der Waals surface area contributed by atoms with Crippen molar-refractivity contribution >= 4 is 23.4 Å². The maximum Gasteiger partial charge on any atom is 0.179 e. The molecule has 1 N–H and O–H groups in total. The third-order valence-corrected chi connectivity index (χ3v) is 3.56. The fourth-order valence-electron chi connectivity index (χ4n) is 2.13. The van der Waals surface area contributed by atoms with Gasteiger partial charge in [-0.3, -0.25) is 4.57 Å². The van der Waals surface area contributed by atoms with Gasteiger partial charge in [-0.2, -0.15) is 0 Å². The lowest BCUT2D eigenvalue weighted by Crippen LogP contribution is -2.17. The van der Waals surface area contributed by atoms with Crippen LogP contribution in [0.2, 0.25) is 0 Å². The van der Waals surface area contributed by atoms with Gasteiger partial charge < -0.3 is 4.98 Å². The van der Waals surface area contributed by atoms with Gasteiger partial charge in [0.2, 0.25) is 0 Å². The van der Waals surface area contributed by atoms with Gasteiger partial charge in [-0.25, -0.2) is 4.98 Å². The summed E-state index contributed by atoms with van der Waals surface area (Å²) in [6.07, 6.45) is 5.63. The van der Waals surface area contributed by atoms with Crippen molar-refractivity contribution in [3.63, 3.8) is 0 Å². The molecule has 0 spiro atoms. The molecule has 0 aromatic carbocycles. The number of aromatic nitrogens is 3. The number of imidazole rings is 1. The van der Waals surface area contributed by atoms with E-state index in [-0.39, 0.29) is 0 Å². The number of hydrogen-bond acceptors (Lipinski definition) is 2. The third-order valence-electron chi connectivity index (χ3n) is 3.26. The van der Waals surface area contributed by atoms with Crippen molar-refractivity contribution < 1.29 is 0 Å². The molecular formula is C11H13N3S. The van der Waals surface area contributed by atoms with E-state index >= 15 is 0 Å². The Bertz CT molecular complexity index is 563. The minimum absolute atomic E-state index is 0.570. The van der Waals surface area contributed by atoms with Gasteiger partial charge in [-0.15, -0.1) is 0 Å². The third kappa shape index (κ3) is 1.24. The summed E-state index contributed by atoms with van der Waals surface area (Å²) >= 11 is 5.36. The van der Waals surface area contributed by atoms with Gasteiger partial charge in [0, 0.05) is 12.2 Å². The monoisotopic (exact) mass is 219 g/mol. The average molecular weight is 219 g/mol. The van der Waals surface area contributed by atoms with E-state index in [1.165, 1.54) is 24.8 Å². The highest BCUT2D eigenvalue weighted by Gasteiger charge is 2.22. The Hall–Kier alpha value is -1.16. The fraction of sp³-hybridized carbons (Fsp3) is 0.455. The summed E-state index contributed by atoms with van der Waals surface area (Å²) in [6, 6.07) is 2.58. The fourth-order valence-corrected chi connectivity index (χ4v) is 2.47. The lowest BCUT2D eigenvalue weighted by atomic mass is 9.93. The number of pyridine rings is 1. The van der Waals surface area contributed by atoms with Gasteiger partial charge >= 0.3 is 0 Å². The summed E-state index contributed by atoms with van der Waals surface area (Å²) in [4.78, 5) is 7.69. The van der Waals surface area contributed by atoms with Crippen molar-refractivity contribution in [2.24, 2.45) is 0 Å². The Morgan fingerprint density at radius 2 is 2.33 bits per heavy atom. The Labute approximate surface area is 93.1 Å². The van der Waals surface area contributed by atoms with E-state index in [1.54, 1.807) is 0 Å². The van der Waals surface area contributed by atoms with E-state index < -0.39 is 0 Å². The van der Waals surface area contributed by atoms with E-state index in [0.29, 0.717) is 6.04 Å². The minimum Gasteiger partial charge on any atom is -0.329 e. The zero-order valence-electron chi connectivity index (χ0n) is 8.66. The molecule has 0 atom stereocenters. The molecule has 1 aliphatic rings. The normalized spacial score (nSPS) is 16.9. The van der Waals surface area contributed by atoms with Crippen molar-refractivity contribution in [1.82, 2.24) is 14.5 Å². The van der Waals surface area contributed by atoms with E-state index in [1.807, 2.05) is 12.3 Å². The maximum atomic E-state index is 5.36. The molecule has 0 radical (unpaired) electrons. The Morgan fingerprint density at radius 3 is 3.00 bits per heavy atom. The van der Waals surface area contributed by atoms with Gasteiger partial charge in [-0.05, 0) is 50.0 Å². The number of nitrogens with zero attached hydrogens (tertiary/aromatic N) is 2. The molecule has 1 saturated carbocycles. The van der Waals surface area contributed by atoms with Crippen molar-refractivity contribution in [2.45, 2.75) is 32.2 Å². The predicted molar refractivity (Wildman–Crippen MR) is 62.5 cm³/mol. The van der Waals surface area contributed by atoms with Crippen molar-refractivity contribution in [3.05, 3.63) is 22.6 Å². The SMILES string of the molecule is Cc1ccnc2c1[nH]c(=S)n2C1CCC1. The van der Waals surface area contributed by atoms with Crippen molar-refractivity contribution in [3.8, 4) is 0 Å².